The second-order valence-electron chi connectivity index (χ2n) is 8.24. The first-order valence-electron chi connectivity index (χ1n) is 11.1. The van der Waals surface area contributed by atoms with Gasteiger partial charge in [0, 0.05) is 37.7 Å². The number of nitrogens with one attached hydrogen (secondary N) is 1. The largest absolute Gasteiger partial charge is 0.491 e. The van der Waals surface area contributed by atoms with Crippen LogP contribution < -0.4 is 10.1 Å². The number of likely N-dealkylation sites (tertiary alicyclic amines) is 1. The van der Waals surface area contributed by atoms with E-state index in [-0.39, 0.29) is 23.8 Å². The lowest BCUT2D eigenvalue weighted by Gasteiger charge is -2.31. The molecule has 2 amide bonds. The van der Waals surface area contributed by atoms with Gasteiger partial charge in [-0.25, -0.2) is 0 Å². The number of amides is 2. The third-order valence-electron chi connectivity index (χ3n) is 6.00. The van der Waals surface area contributed by atoms with Crippen LogP contribution in [0.5, 0.6) is 5.75 Å². The first kappa shape index (κ1) is 21.4. The molecule has 2 aromatic carbocycles. The van der Waals surface area contributed by atoms with E-state index >= 15 is 0 Å². The highest BCUT2D eigenvalue weighted by Gasteiger charge is 2.28. The fourth-order valence-corrected chi connectivity index (χ4v) is 4.14. The Kier molecular flexibility index (Phi) is 7.20. The summed E-state index contributed by atoms with van der Waals surface area (Å²) in [4.78, 5) is 27.3. The van der Waals surface area contributed by atoms with Crippen molar-refractivity contribution in [1.29, 1.82) is 0 Å². The summed E-state index contributed by atoms with van der Waals surface area (Å²) in [6, 6.07) is 17.2. The molecule has 6 nitrogen and oxygen atoms in total. The van der Waals surface area contributed by atoms with Crippen molar-refractivity contribution in [1.82, 2.24) is 10.2 Å². The molecule has 0 radical (unpaired) electrons. The van der Waals surface area contributed by atoms with Crippen LogP contribution in [-0.2, 0) is 16.1 Å². The quantitative estimate of drug-likeness (QED) is 0.743. The number of carbonyl (C=O) groups is 2. The molecule has 6 heteroatoms. The summed E-state index contributed by atoms with van der Waals surface area (Å²) in [6.45, 7) is 3.03. The maximum atomic E-state index is 12.9. The van der Waals surface area contributed by atoms with E-state index in [2.05, 4.69) is 5.32 Å². The Morgan fingerprint density at radius 2 is 1.84 bits per heavy atom. The molecule has 4 rings (SSSR count). The number of ether oxygens (including phenoxy) is 2. The smallest absolute Gasteiger partial charge is 0.253 e. The second-order valence-corrected chi connectivity index (χ2v) is 8.24. The number of carbonyl (C=O) groups excluding carboxylic acids is 2. The van der Waals surface area contributed by atoms with Crippen LogP contribution in [-0.4, -0.2) is 49.1 Å². The minimum absolute atomic E-state index is 0.00860. The van der Waals surface area contributed by atoms with Gasteiger partial charge in [-0.1, -0.05) is 36.4 Å². The van der Waals surface area contributed by atoms with Gasteiger partial charge >= 0.3 is 0 Å². The molecular formula is C25H30N2O4. The Hall–Kier alpha value is -2.86. The summed E-state index contributed by atoms with van der Waals surface area (Å²) < 4.78 is 11.4. The monoisotopic (exact) mass is 422 g/mol. The number of benzene rings is 2. The van der Waals surface area contributed by atoms with E-state index in [1.807, 2.05) is 53.4 Å². The maximum absolute atomic E-state index is 12.9. The van der Waals surface area contributed by atoms with Gasteiger partial charge in [0.25, 0.3) is 5.91 Å². The van der Waals surface area contributed by atoms with Gasteiger partial charge in [-0.3, -0.25) is 9.59 Å². The zero-order valence-electron chi connectivity index (χ0n) is 17.8. The van der Waals surface area contributed by atoms with E-state index in [1.165, 1.54) is 0 Å². The summed E-state index contributed by atoms with van der Waals surface area (Å²) in [5.41, 5.74) is 1.71. The molecule has 0 aliphatic carbocycles. The van der Waals surface area contributed by atoms with Gasteiger partial charge in [0.2, 0.25) is 5.91 Å². The molecule has 2 aromatic rings. The van der Waals surface area contributed by atoms with Gasteiger partial charge < -0.3 is 19.7 Å². The Balaban J connectivity index is 1.25. The first-order valence-corrected chi connectivity index (χ1v) is 11.1. The summed E-state index contributed by atoms with van der Waals surface area (Å²) >= 11 is 0. The number of hydrogen-bond donors (Lipinski definition) is 1. The molecular weight excluding hydrogens is 392 g/mol. The summed E-state index contributed by atoms with van der Waals surface area (Å²) in [5.74, 6) is 0.705. The predicted octanol–water partition coefficient (Wildman–Crippen LogP) is 3.41. The number of hydrogen-bond acceptors (Lipinski definition) is 4. The third-order valence-corrected chi connectivity index (χ3v) is 6.00. The number of rotatable bonds is 7. The van der Waals surface area contributed by atoms with Gasteiger partial charge in [-0.2, -0.15) is 0 Å². The number of nitrogens with zero attached hydrogens (tertiary/aromatic N) is 1. The van der Waals surface area contributed by atoms with Gasteiger partial charge in [-0.15, -0.1) is 0 Å². The molecule has 1 atom stereocenters. The first-order chi connectivity index (χ1) is 15.2. The van der Waals surface area contributed by atoms with E-state index in [4.69, 9.17) is 9.47 Å². The lowest BCUT2D eigenvalue weighted by Crippen LogP contribution is -2.42. The van der Waals surface area contributed by atoms with E-state index in [0.29, 0.717) is 50.4 Å². The van der Waals surface area contributed by atoms with Crippen LogP contribution in [0, 0.1) is 5.92 Å². The van der Waals surface area contributed by atoms with Crippen LogP contribution in [0.4, 0.5) is 0 Å². The molecule has 1 N–H and O–H groups in total. The molecule has 0 spiro atoms. The van der Waals surface area contributed by atoms with Crippen molar-refractivity contribution in [3.8, 4) is 5.75 Å². The Labute approximate surface area is 183 Å². The summed E-state index contributed by atoms with van der Waals surface area (Å²) in [6.07, 6.45) is 3.61. The summed E-state index contributed by atoms with van der Waals surface area (Å²) in [5, 5.41) is 3.02. The van der Waals surface area contributed by atoms with Crippen LogP contribution in [0.15, 0.2) is 54.6 Å². The highest BCUT2D eigenvalue weighted by Crippen LogP contribution is 2.22. The highest BCUT2D eigenvalue weighted by molar-refractivity contribution is 5.94. The van der Waals surface area contributed by atoms with E-state index < -0.39 is 0 Å². The highest BCUT2D eigenvalue weighted by atomic mass is 16.5. The number of piperidine rings is 1. The average molecular weight is 423 g/mol. The van der Waals surface area contributed by atoms with Crippen molar-refractivity contribution >= 4 is 11.8 Å². The minimum Gasteiger partial charge on any atom is -0.491 e. The SMILES string of the molecule is O=C(NCc1ccccc1)C1CCN(C(=O)c2cccc(OC[C@H]3CCCO3)c2)CC1. The fraction of sp³-hybridized carbons (Fsp3) is 0.440. The normalized spacial score (nSPS) is 19.2. The van der Waals surface area contributed by atoms with Crippen molar-refractivity contribution in [2.75, 3.05) is 26.3 Å². The van der Waals surface area contributed by atoms with Crippen LogP contribution in [0.25, 0.3) is 0 Å². The standard InChI is InChI=1S/C25H30N2O4/c28-24(26-17-19-6-2-1-3-7-19)20-11-13-27(14-12-20)25(29)21-8-4-9-22(16-21)31-18-23-10-5-15-30-23/h1-4,6-9,16,20,23H,5,10-15,17-18H2,(H,26,28)/t23-/m1/s1. The third kappa shape index (κ3) is 5.85. The molecule has 31 heavy (non-hydrogen) atoms. The van der Waals surface area contributed by atoms with Gasteiger partial charge in [0.05, 0.1) is 6.10 Å². The summed E-state index contributed by atoms with van der Waals surface area (Å²) in [7, 11) is 0. The molecule has 0 unspecified atom stereocenters. The van der Waals surface area contributed by atoms with Crippen LogP contribution >= 0.6 is 0 Å². The lowest BCUT2D eigenvalue weighted by atomic mass is 9.95. The zero-order valence-corrected chi connectivity index (χ0v) is 17.8. The van der Waals surface area contributed by atoms with Gasteiger partial charge in [0.1, 0.15) is 12.4 Å². The van der Waals surface area contributed by atoms with Crippen molar-refractivity contribution in [3.05, 3.63) is 65.7 Å². The van der Waals surface area contributed by atoms with Crippen molar-refractivity contribution in [2.24, 2.45) is 5.92 Å². The molecule has 0 bridgehead atoms. The second kappa shape index (κ2) is 10.4. The Morgan fingerprint density at radius 3 is 2.58 bits per heavy atom. The molecule has 2 saturated heterocycles. The van der Waals surface area contributed by atoms with Crippen molar-refractivity contribution in [3.63, 3.8) is 0 Å². The van der Waals surface area contributed by atoms with E-state index in [9.17, 15) is 9.59 Å². The molecule has 164 valence electrons. The fourth-order valence-electron chi connectivity index (χ4n) is 4.14. The van der Waals surface area contributed by atoms with Crippen LogP contribution in [0.1, 0.15) is 41.6 Å². The van der Waals surface area contributed by atoms with Gasteiger partial charge in [-0.05, 0) is 49.4 Å². The average Bonchev–Trinajstić information content (AvgIpc) is 3.35. The maximum Gasteiger partial charge on any atom is 0.253 e. The molecule has 0 aromatic heterocycles. The van der Waals surface area contributed by atoms with Gasteiger partial charge in [0.15, 0.2) is 0 Å². The van der Waals surface area contributed by atoms with Crippen LogP contribution in [0.3, 0.4) is 0 Å². The molecule has 2 aliphatic rings. The predicted molar refractivity (Wildman–Crippen MR) is 118 cm³/mol. The molecule has 2 aliphatic heterocycles. The van der Waals surface area contributed by atoms with Crippen molar-refractivity contribution in [2.45, 2.75) is 38.3 Å². The Bertz CT molecular complexity index is 872. The molecule has 0 saturated carbocycles. The van der Waals surface area contributed by atoms with Crippen LogP contribution in [0.2, 0.25) is 0 Å². The minimum atomic E-state index is -0.0474. The molecule has 2 fully saturated rings. The van der Waals surface area contributed by atoms with E-state index in [1.54, 1.807) is 6.07 Å². The zero-order chi connectivity index (χ0) is 21.5. The Morgan fingerprint density at radius 1 is 1.03 bits per heavy atom. The van der Waals surface area contributed by atoms with Crippen molar-refractivity contribution < 1.29 is 19.1 Å². The van der Waals surface area contributed by atoms with E-state index in [0.717, 1.165) is 25.0 Å². The molecule has 2 heterocycles. The lowest BCUT2D eigenvalue weighted by molar-refractivity contribution is -0.126. The topological polar surface area (TPSA) is 67.9 Å².